The van der Waals surface area contributed by atoms with Crippen molar-refractivity contribution < 1.29 is 4.79 Å². The molecule has 0 unspecified atom stereocenters. The molecule has 2 rings (SSSR count). The third kappa shape index (κ3) is 3.94. The molecule has 1 aromatic carbocycles. The number of hydrogen-bond donors (Lipinski definition) is 1. The molecule has 0 atom stereocenters. The van der Waals surface area contributed by atoms with Crippen molar-refractivity contribution in [1.29, 1.82) is 0 Å². The van der Waals surface area contributed by atoms with Gasteiger partial charge in [-0.05, 0) is 72.0 Å². The summed E-state index contributed by atoms with van der Waals surface area (Å²) in [6.07, 6.45) is 8.58. The molecule has 0 heterocycles. The number of carbonyl (C=O) groups excluding carboxylic acids is 1. The SMILES string of the molecule is O=C(N/N=C/C1=CCCCC1)c1cccc(I)c1. The summed E-state index contributed by atoms with van der Waals surface area (Å²) in [6, 6.07) is 7.44. The summed E-state index contributed by atoms with van der Waals surface area (Å²) in [7, 11) is 0. The molecule has 18 heavy (non-hydrogen) atoms. The lowest BCUT2D eigenvalue weighted by Crippen LogP contribution is -2.17. The lowest BCUT2D eigenvalue weighted by molar-refractivity contribution is 0.0955. The molecule has 4 heteroatoms. The maximum Gasteiger partial charge on any atom is 0.271 e. The minimum Gasteiger partial charge on any atom is -0.267 e. The predicted octanol–water partition coefficient (Wildman–Crippen LogP) is 3.51. The molecular formula is C14H15IN2O. The van der Waals surface area contributed by atoms with E-state index in [1.165, 1.54) is 18.4 Å². The number of benzene rings is 1. The zero-order valence-corrected chi connectivity index (χ0v) is 12.2. The highest BCUT2D eigenvalue weighted by Crippen LogP contribution is 2.15. The van der Waals surface area contributed by atoms with Gasteiger partial charge in [0, 0.05) is 9.13 Å². The first kappa shape index (κ1) is 13.3. The third-order valence-electron chi connectivity index (χ3n) is 2.81. The fraction of sp³-hybridized carbons (Fsp3) is 0.286. The van der Waals surface area contributed by atoms with Crippen LogP contribution in [-0.4, -0.2) is 12.1 Å². The molecule has 1 aliphatic rings. The van der Waals surface area contributed by atoms with Crippen LogP contribution in [0.15, 0.2) is 41.0 Å². The van der Waals surface area contributed by atoms with E-state index >= 15 is 0 Å². The molecular weight excluding hydrogens is 339 g/mol. The Hall–Kier alpha value is -1.17. The first-order valence-corrected chi connectivity index (χ1v) is 7.11. The Morgan fingerprint density at radius 1 is 1.39 bits per heavy atom. The number of hydrogen-bond acceptors (Lipinski definition) is 2. The van der Waals surface area contributed by atoms with E-state index in [0.29, 0.717) is 5.56 Å². The van der Waals surface area contributed by atoms with Gasteiger partial charge in [0.2, 0.25) is 0 Å². The molecule has 0 saturated heterocycles. The summed E-state index contributed by atoms with van der Waals surface area (Å²) in [6.45, 7) is 0. The number of hydrazone groups is 1. The number of halogens is 1. The van der Waals surface area contributed by atoms with Crippen LogP contribution in [0.1, 0.15) is 36.0 Å². The van der Waals surface area contributed by atoms with Crippen LogP contribution in [-0.2, 0) is 0 Å². The highest BCUT2D eigenvalue weighted by molar-refractivity contribution is 14.1. The second-order valence-corrected chi connectivity index (χ2v) is 5.48. The second kappa shape index (κ2) is 6.68. The molecule has 0 fully saturated rings. The molecule has 1 aliphatic carbocycles. The summed E-state index contributed by atoms with van der Waals surface area (Å²) >= 11 is 2.18. The lowest BCUT2D eigenvalue weighted by Gasteiger charge is -2.07. The first-order valence-electron chi connectivity index (χ1n) is 6.04. The zero-order valence-electron chi connectivity index (χ0n) is 10.0. The Morgan fingerprint density at radius 3 is 3.00 bits per heavy atom. The molecule has 0 radical (unpaired) electrons. The zero-order chi connectivity index (χ0) is 12.8. The summed E-state index contributed by atoms with van der Waals surface area (Å²) in [5, 5.41) is 4.01. The fourth-order valence-electron chi connectivity index (χ4n) is 1.85. The Balaban J connectivity index is 1.92. The van der Waals surface area contributed by atoms with Gasteiger partial charge in [0.05, 0.1) is 6.21 Å². The Morgan fingerprint density at radius 2 is 2.28 bits per heavy atom. The standard InChI is InChI=1S/C14H15IN2O/c15-13-8-4-7-12(9-13)14(18)17-16-10-11-5-2-1-3-6-11/h4-5,7-10H,1-3,6H2,(H,17,18)/b16-10+. The number of allylic oxidation sites excluding steroid dienone is 2. The van der Waals surface area contributed by atoms with Gasteiger partial charge in [0.25, 0.3) is 5.91 Å². The topological polar surface area (TPSA) is 41.5 Å². The van der Waals surface area contributed by atoms with Gasteiger partial charge in [-0.3, -0.25) is 4.79 Å². The van der Waals surface area contributed by atoms with E-state index in [-0.39, 0.29) is 5.91 Å². The van der Waals surface area contributed by atoms with E-state index < -0.39 is 0 Å². The van der Waals surface area contributed by atoms with Crippen molar-refractivity contribution in [2.45, 2.75) is 25.7 Å². The summed E-state index contributed by atoms with van der Waals surface area (Å²) in [5.41, 5.74) is 4.41. The van der Waals surface area contributed by atoms with Crippen molar-refractivity contribution in [3.63, 3.8) is 0 Å². The van der Waals surface area contributed by atoms with Gasteiger partial charge in [0.1, 0.15) is 0 Å². The summed E-state index contributed by atoms with van der Waals surface area (Å²) in [5.74, 6) is -0.166. The smallest absolute Gasteiger partial charge is 0.267 e. The van der Waals surface area contributed by atoms with Crippen LogP contribution in [0.3, 0.4) is 0 Å². The Kier molecular flexibility index (Phi) is 4.92. The maximum absolute atomic E-state index is 11.8. The van der Waals surface area contributed by atoms with Gasteiger partial charge < -0.3 is 0 Å². The van der Waals surface area contributed by atoms with Crippen LogP contribution >= 0.6 is 22.6 Å². The molecule has 94 valence electrons. The van der Waals surface area contributed by atoms with Gasteiger partial charge in [-0.25, -0.2) is 5.43 Å². The highest BCUT2D eigenvalue weighted by Gasteiger charge is 2.04. The largest absolute Gasteiger partial charge is 0.271 e. The summed E-state index contributed by atoms with van der Waals surface area (Å²) < 4.78 is 1.04. The fourth-order valence-corrected chi connectivity index (χ4v) is 2.39. The number of amides is 1. The van der Waals surface area contributed by atoms with E-state index in [1.54, 1.807) is 12.3 Å². The number of carbonyl (C=O) groups is 1. The number of rotatable bonds is 3. The molecule has 3 nitrogen and oxygen atoms in total. The maximum atomic E-state index is 11.8. The normalized spacial score (nSPS) is 15.5. The monoisotopic (exact) mass is 354 g/mol. The van der Waals surface area contributed by atoms with Crippen molar-refractivity contribution >= 4 is 34.7 Å². The second-order valence-electron chi connectivity index (χ2n) is 4.23. The van der Waals surface area contributed by atoms with Crippen LogP contribution in [0.5, 0.6) is 0 Å². The molecule has 0 aliphatic heterocycles. The highest BCUT2D eigenvalue weighted by atomic mass is 127. The number of nitrogens with zero attached hydrogens (tertiary/aromatic N) is 1. The van der Waals surface area contributed by atoms with Gasteiger partial charge >= 0.3 is 0 Å². The van der Waals surface area contributed by atoms with Crippen LogP contribution in [0.4, 0.5) is 0 Å². The van der Waals surface area contributed by atoms with Gasteiger partial charge in [-0.1, -0.05) is 12.1 Å². The summed E-state index contributed by atoms with van der Waals surface area (Å²) in [4.78, 5) is 11.8. The average Bonchev–Trinajstić information content (AvgIpc) is 2.40. The molecule has 0 spiro atoms. The van der Waals surface area contributed by atoms with Gasteiger partial charge in [0.15, 0.2) is 0 Å². The van der Waals surface area contributed by atoms with Crippen molar-refractivity contribution in [2.75, 3.05) is 0 Å². The van der Waals surface area contributed by atoms with E-state index in [0.717, 1.165) is 16.4 Å². The van der Waals surface area contributed by atoms with Crippen LogP contribution in [0.2, 0.25) is 0 Å². The first-order chi connectivity index (χ1) is 8.75. The molecule has 0 saturated carbocycles. The number of nitrogens with one attached hydrogen (secondary N) is 1. The van der Waals surface area contributed by atoms with Crippen molar-refractivity contribution in [1.82, 2.24) is 5.43 Å². The van der Waals surface area contributed by atoms with E-state index in [4.69, 9.17) is 0 Å². The quantitative estimate of drug-likeness (QED) is 0.504. The van der Waals surface area contributed by atoms with Crippen molar-refractivity contribution in [3.8, 4) is 0 Å². The van der Waals surface area contributed by atoms with Crippen LogP contribution < -0.4 is 5.43 Å². The van der Waals surface area contributed by atoms with Crippen molar-refractivity contribution in [3.05, 3.63) is 45.0 Å². The van der Waals surface area contributed by atoms with E-state index in [9.17, 15) is 4.79 Å². The molecule has 1 amide bonds. The van der Waals surface area contributed by atoms with E-state index in [1.807, 2.05) is 18.2 Å². The Labute approximate surface area is 120 Å². The molecule has 1 aromatic rings. The minimum absolute atomic E-state index is 0.166. The third-order valence-corrected chi connectivity index (χ3v) is 3.48. The van der Waals surface area contributed by atoms with E-state index in [2.05, 4.69) is 39.2 Å². The average molecular weight is 354 g/mol. The predicted molar refractivity (Wildman–Crippen MR) is 81.7 cm³/mol. The molecule has 0 aromatic heterocycles. The van der Waals surface area contributed by atoms with Gasteiger partial charge in [-0.2, -0.15) is 5.10 Å². The molecule has 0 bridgehead atoms. The van der Waals surface area contributed by atoms with Gasteiger partial charge in [-0.15, -0.1) is 0 Å². The minimum atomic E-state index is -0.166. The lowest BCUT2D eigenvalue weighted by atomic mass is 10.0. The molecule has 1 N–H and O–H groups in total. The van der Waals surface area contributed by atoms with Crippen molar-refractivity contribution in [2.24, 2.45) is 5.10 Å². The van der Waals surface area contributed by atoms with Crippen LogP contribution in [0, 0.1) is 3.57 Å². The Bertz CT molecular complexity index is 494. The van der Waals surface area contributed by atoms with Crippen LogP contribution in [0.25, 0.3) is 0 Å².